The van der Waals surface area contributed by atoms with Crippen molar-refractivity contribution in [1.82, 2.24) is 4.90 Å². The Labute approximate surface area is 171 Å². The highest BCUT2D eigenvalue weighted by atomic mass is 16.5. The number of aryl methyl sites for hydroxylation is 1. The smallest absolute Gasteiger partial charge is 0.230 e. The monoisotopic (exact) mass is 396 g/mol. The normalized spacial score (nSPS) is 18.7. The first-order chi connectivity index (χ1) is 13.9. The lowest BCUT2D eigenvalue weighted by Crippen LogP contribution is -2.33. The van der Waals surface area contributed by atoms with Gasteiger partial charge in [-0.1, -0.05) is 31.5 Å². The third-order valence-electron chi connectivity index (χ3n) is 5.39. The Morgan fingerprint density at radius 2 is 1.97 bits per heavy atom. The summed E-state index contributed by atoms with van der Waals surface area (Å²) in [5.41, 5.74) is 2.16. The van der Waals surface area contributed by atoms with Crippen LogP contribution in [0.25, 0.3) is 0 Å². The molecule has 0 radical (unpaired) electrons. The van der Waals surface area contributed by atoms with Crippen LogP contribution in [0.1, 0.15) is 43.4 Å². The molecule has 0 aliphatic carbocycles. The first-order valence-electron chi connectivity index (χ1n) is 9.98. The minimum absolute atomic E-state index is 0.0199. The molecule has 2 aromatic carbocycles. The summed E-state index contributed by atoms with van der Waals surface area (Å²) in [6.07, 6.45) is 2.00. The van der Waals surface area contributed by atoms with E-state index in [0.717, 1.165) is 29.7 Å². The van der Waals surface area contributed by atoms with E-state index in [-0.39, 0.29) is 30.0 Å². The average Bonchev–Trinajstić information content (AvgIpc) is 3.04. The van der Waals surface area contributed by atoms with Crippen molar-refractivity contribution in [2.24, 2.45) is 5.92 Å². The van der Waals surface area contributed by atoms with Crippen molar-refractivity contribution in [3.05, 3.63) is 53.6 Å². The van der Waals surface area contributed by atoms with Gasteiger partial charge in [0.1, 0.15) is 11.5 Å². The van der Waals surface area contributed by atoms with Gasteiger partial charge >= 0.3 is 0 Å². The molecular formula is C23H28N2O4. The fraction of sp³-hybridized carbons (Fsp3) is 0.391. The molecule has 0 bridgehead atoms. The number of benzene rings is 2. The molecular weight excluding hydrogens is 368 g/mol. The van der Waals surface area contributed by atoms with E-state index >= 15 is 0 Å². The molecule has 0 saturated carbocycles. The molecule has 1 aliphatic rings. The number of anilines is 1. The third kappa shape index (κ3) is 4.53. The van der Waals surface area contributed by atoms with Crippen LogP contribution in [0.4, 0.5) is 5.69 Å². The van der Waals surface area contributed by atoms with Crippen LogP contribution in [-0.4, -0.2) is 35.5 Å². The molecule has 1 fully saturated rings. The molecule has 1 heterocycles. The zero-order valence-corrected chi connectivity index (χ0v) is 17.1. The van der Waals surface area contributed by atoms with Gasteiger partial charge in [0, 0.05) is 13.0 Å². The molecule has 2 amide bonds. The van der Waals surface area contributed by atoms with Crippen LogP contribution in [0.3, 0.4) is 0 Å². The summed E-state index contributed by atoms with van der Waals surface area (Å²) < 4.78 is 5.23. The minimum atomic E-state index is -0.534. The molecule has 2 unspecified atom stereocenters. The Kier molecular flexibility index (Phi) is 6.42. The third-order valence-corrected chi connectivity index (χ3v) is 5.39. The predicted octanol–water partition coefficient (Wildman–Crippen LogP) is 4.04. The molecule has 6 nitrogen and oxygen atoms in total. The van der Waals surface area contributed by atoms with E-state index in [2.05, 4.69) is 12.2 Å². The lowest BCUT2D eigenvalue weighted by atomic mass is 9.92. The van der Waals surface area contributed by atoms with E-state index in [9.17, 15) is 14.7 Å². The summed E-state index contributed by atoms with van der Waals surface area (Å²) in [6, 6.07) is 12.3. The number of unbranched alkanes of at least 4 members (excludes halogenated alkanes) is 1. The number of aromatic hydroxyl groups is 1. The molecule has 3 rings (SSSR count). The Balaban J connectivity index is 1.89. The number of ether oxygens (including phenoxy) is 1. The fourth-order valence-electron chi connectivity index (χ4n) is 3.80. The van der Waals surface area contributed by atoms with Crippen LogP contribution in [0.5, 0.6) is 11.5 Å². The van der Waals surface area contributed by atoms with Crippen molar-refractivity contribution in [2.45, 2.75) is 39.2 Å². The highest BCUT2D eigenvalue weighted by Gasteiger charge is 2.44. The first-order valence-corrected chi connectivity index (χ1v) is 9.98. The second-order valence-corrected chi connectivity index (χ2v) is 7.48. The summed E-state index contributed by atoms with van der Waals surface area (Å²) in [5.74, 6) is -0.0754. The van der Waals surface area contributed by atoms with Crippen molar-refractivity contribution in [3.8, 4) is 11.5 Å². The standard InChI is InChI=1S/C23H28N2O4/c1-4-5-12-25-21(27)14-18(22(25)16-7-9-17(29-3)10-8-16)23(28)24-19-11-6-15(2)13-20(19)26/h6-11,13,18,22,26H,4-5,12,14H2,1-3H3,(H,24,28). The van der Waals surface area contributed by atoms with Crippen molar-refractivity contribution in [1.29, 1.82) is 0 Å². The summed E-state index contributed by atoms with van der Waals surface area (Å²) in [5, 5.41) is 12.9. The molecule has 0 aromatic heterocycles. The molecule has 2 aromatic rings. The second-order valence-electron chi connectivity index (χ2n) is 7.48. The van der Waals surface area contributed by atoms with Crippen molar-refractivity contribution >= 4 is 17.5 Å². The number of phenolic OH excluding ortho intramolecular Hbond substituents is 1. The number of carbonyl (C=O) groups excluding carboxylic acids is 2. The number of nitrogens with zero attached hydrogens (tertiary/aromatic N) is 1. The Morgan fingerprint density at radius 3 is 2.59 bits per heavy atom. The van der Waals surface area contributed by atoms with Gasteiger partial charge in [0.2, 0.25) is 11.8 Å². The predicted molar refractivity (Wildman–Crippen MR) is 112 cm³/mol. The van der Waals surface area contributed by atoms with Gasteiger partial charge in [0.05, 0.1) is 24.8 Å². The summed E-state index contributed by atoms with van der Waals surface area (Å²) in [4.78, 5) is 27.6. The van der Waals surface area contributed by atoms with Crippen LogP contribution in [-0.2, 0) is 9.59 Å². The van der Waals surface area contributed by atoms with Gasteiger partial charge in [-0.2, -0.15) is 0 Å². The van der Waals surface area contributed by atoms with Crippen LogP contribution < -0.4 is 10.1 Å². The van der Waals surface area contributed by atoms with Gasteiger partial charge in [0.15, 0.2) is 0 Å². The lowest BCUT2D eigenvalue weighted by molar-refractivity contribution is -0.129. The summed E-state index contributed by atoms with van der Waals surface area (Å²) >= 11 is 0. The molecule has 29 heavy (non-hydrogen) atoms. The molecule has 2 N–H and O–H groups in total. The van der Waals surface area contributed by atoms with Gasteiger partial charge in [-0.25, -0.2) is 0 Å². The zero-order valence-electron chi connectivity index (χ0n) is 17.1. The van der Waals surface area contributed by atoms with E-state index in [4.69, 9.17) is 4.74 Å². The molecule has 2 atom stereocenters. The molecule has 1 aliphatic heterocycles. The highest BCUT2D eigenvalue weighted by Crippen LogP contribution is 2.40. The van der Waals surface area contributed by atoms with Gasteiger partial charge in [-0.3, -0.25) is 9.59 Å². The quantitative estimate of drug-likeness (QED) is 0.693. The summed E-state index contributed by atoms with van der Waals surface area (Å²) in [6.45, 7) is 4.56. The van der Waals surface area contributed by atoms with Crippen LogP contribution >= 0.6 is 0 Å². The number of carbonyl (C=O) groups is 2. The number of hydrogen-bond acceptors (Lipinski definition) is 4. The SMILES string of the molecule is CCCCN1C(=O)CC(C(=O)Nc2ccc(C)cc2O)C1c1ccc(OC)cc1. The largest absolute Gasteiger partial charge is 0.506 e. The van der Waals surface area contributed by atoms with E-state index in [0.29, 0.717) is 12.2 Å². The first kappa shape index (κ1) is 20.7. The van der Waals surface area contributed by atoms with Crippen LogP contribution in [0.2, 0.25) is 0 Å². The number of amides is 2. The average molecular weight is 396 g/mol. The van der Waals surface area contributed by atoms with Crippen molar-refractivity contribution in [2.75, 3.05) is 19.0 Å². The van der Waals surface area contributed by atoms with E-state index in [1.54, 1.807) is 19.2 Å². The number of likely N-dealkylation sites (tertiary alicyclic amines) is 1. The molecule has 0 spiro atoms. The summed E-state index contributed by atoms with van der Waals surface area (Å²) in [7, 11) is 1.60. The van der Waals surface area contributed by atoms with Crippen molar-refractivity contribution in [3.63, 3.8) is 0 Å². The fourth-order valence-corrected chi connectivity index (χ4v) is 3.80. The second kappa shape index (κ2) is 8.99. The van der Waals surface area contributed by atoms with Gasteiger partial charge < -0.3 is 20.1 Å². The molecule has 1 saturated heterocycles. The lowest BCUT2D eigenvalue weighted by Gasteiger charge is -2.28. The Morgan fingerprint density at radius 1 is 1.24 bits per heavy atom. The van der Waals surface area contributed by atoms with E-state index in [1.807, 2.05) is 42.2 Å². The zero-order chi connectivity index (χ0) is 21.0. The maximum absolute atomic E-state index is 13.1. The molecule has 154 valence electrons. The van der Waals surface area contributed by atoms with Gasteiger partial charge in [0.25, 0.3) is 0 Å². The highest BCUT2D eigenvalue weighted by molar-refractivity contribution is 5.98. The Hall–Kier alpha value is -3.02. The topological polar surface area (TPSA) is 78.9 Å². The number of phenols is 1. The number of hydrogen-bond donors (Lipinski definition) is 2. The van der Waals surface area contributed by atoms with Crippen LogP contribution in [0.15, 0.2) is 42.5 Å². The minimum Gasteiger partial charge on any atom is -0.506 e. The van der Waals surface area contributed by atoms with E-state index < -0.39 is 5.92 Å². The number of rotatable bonds is 7. The number of methoxy groups -OCH3 is 1. The maximum atomic E-state index is 13.1. The van der Waals surface area contributed by atoms with Crippen molar-refractivity contribution < 1.29 is 19.4 Å². The van der Waals surface area contributed by atoms with E-state index in [1.165, 1.54) is 0 Å². The van der Waals surface area contributed by atoms with Gasteiger partial charge in [-0.05, 0) is 48.7 Å². The van der Waals surface area contributed by atoms with Crippen LogP contribution in [0, 0.1) is 12.8 Å². The number of nitrogens with one attached hydrogen (secondary N) is 1. The van der Waals surface area contributed by atoms with Gasteiger partial charge in [-0.15, -0.1) is 0 Å². The Bertz CT molecular complexity index is 879. The maximum Gasteiger partial charge on any atom is 0.230 e. The molecule has 6 heteroatoms.